The summed E-state index contributed by atoms with van der Waals surface area (Å²) in [6.07, 6.45) is 0.470. The molecule has 3 heterocycles. The molecular formula is C26H36N6O3S. The number of aliphatic hydroxyl groups is 1. The zero-order chi connectivity index (χ0) is 25.7. The highest BCUT2D eigenvalue weighted by Gasteiger charge is 2.26. The van der Waals surface area contributed by atoms with Gasteiger partial charge in [0.2, 0.25) is 0 Å². The van der Waals surface area contributed by atoms with Gasteiger partial charge >= 0.3 is 0 Å². The van der Waals surface area contributed by atoms with Gasteiger partial charge in [-0.15, -0.1) is 0 Å². The van der Waals surface area contributed by atoms with E-state index in [0.717, 1.165) is 64.9 Å². The van der Waals surface area contributed by atoms with Gasteiger partial charge in [-0.05, 0) is 46.4 Å². The predicted octanol–water partition coefficient (Wildman–Crippen LogP) is 3.84. The van der Waals surface area contributed by atoms with E-state index in [9.17, 15) is 5.11 Å². The SMILES string of the molecule is CCSN1CCC(Nc2nc(-c3cccc(OCC(O)CNC)c3)nc(-c3c(C)noc3C)c2C)C1. The zero-order valence-corrected chi connectivity index (χ0v) is 22.5. The molecule has 2 unspecified atom stereocenters. The number of rotatable bonds is 11. The molecule has 0 aliphatic carbocycles. The van der Waals surface area contributed by atoms with Crippen molar-refractivity contribution in [2.24, 2.45) is 0 Å². The molecule has 0 radical (unpaired) electrons. The van der Waals surface area contributed by atoms with Crippen molar-refractivity contribution in [3.63, 3.8) is 0 Å². The minimum absolute atomic E-state index is 0.199. The summed E-state index contributed by atoms with van der Waals surface area (Å²) < 4.78 is 13.7. The Labute approximate surface area is 217 Å². The molecule has 1 saturated heterocycles. The van der Waals surface area contributed by atoms with Gasteiger partial charge in [0, 0.05) is 42.6 Å². The molecular weight excluding hydrogens is 476 g/mol. The van der Waals surface area contributed by atoms with Crippen LogP contribution >= 0.6 is 11.9 Å². The second-order valence-electron chi connectivity index (χ2n) is 9.05. The normalized spacial score (nSPS) is 16.9. The molecule has 0 bridgehead atoms. The van der Waals surface area contributed by atoms with Gasteiger partial charge in [0.05, 0.1) is 17.0 Å². The summed E-state index contributed by atoms with van der Waals surface area (Å²) in [5.41, 5.74) is 4.32. The van der Waals surface area contributed by atoms with E-state index in [1.165, 1.54) is 0 Å². The predicted molar refractivity (Wildman–Crippen MR) is 144 cm³/mol. The summed E-state index contributed by atoms with van der Waals surface area (Å²) in [4.78, 5) is 9.93. The lowest BCUT2D eigenvalue weighted by Gasteiger charge is -2.19. The first kappa shape index (κ1) is 26.4. The minimum Gasteiger partial charge on any atom is -0.491 e. The molecule has 1 aliphatic heterocycles. The summed E-state index contributed by atoms with van der Waals surface area (Å²) in [6.45, 7) is 10.8. The molecule has 1 fully saturated rings. The molecule has 2 atom stereocenters. The Balaban J connectivity index is 1.68. The molecule has 10 heteroatoms. The fraction of sp³-hybridized carbons (Fsp3) is 0.500. The maximum absolute atomic E-state index is 10.0. The Morgan fingerprint density at radius 3 is 2.83 bits per heavy atom. The average Bonchev–Trinajstić information content (AvgIpc) is 3.45. The smallest absolute Gasteiger partial charge is 0.162 e. The summed E-state index contributed by atoms with van der Waals surface area (Å²) in [5.74, 6) is 3.87. The van der Waals surface area contributed by atoms with E-state index in [4.69, 9.17) is 19.2 Å². The van der Waals surface area contributed by atoms with Gasteiger partial charge in [-0.25, -0.2) is 14.3 Å². The third kappa shape index (κ3) is 6.18. The van der Waals surface area contributed by atoms with Crippen molar-refractivity contribution < 1.29 is 14.4 Å². The molecule has 9 nitrogen and oxygen atoms in total. The summed E-state index contributed by atoms with van der Waals surface area (Å²) >= 11 is 1.88. The third-order valence-electron chi connectivity index (χ3n) is 6.19. The van der Waals surface area contributed by atoms with Crippen LogP contribution in [0.25, 0.3) is 22.6 Å². The van der Waals surface area contributed by atoms with Crippen LogP contribution in [0.5, 0.6) is 5.75 Å². The van der Waals surface area contributed by atoms with Crippen LogP contribution in [0.3, 0.4) is 0 Å². The number of anilines is 1. The Hall–Kier alpha value is -2.66. The van der Waals surface area contributed by atoms with Crippen molar-refractivity contribution in [1.82, 2.24) is 24.7 Å². The second kappa shape index (κ2) is 12.1. The fourth-order valence-corrected chi connectivity index (χ4v) is 5.29. The largest absolute Gasteiger partial charge is 0.491 e. The standard InChI is InChI=1S/C26H36N6O3S/c1-6-36-32-11-10-20(14-32)28-25-16(2)24(23-17(3)31-35-18(23)4)29-26(30-25)19-8-7-9-22(12-19)34-15-21(33)13-27-5/h7-9,12,20-21,27,33H,6,10-11,13-15H2,1-5H3,(H,28,29,30). The number of nitrogens with zero attached hydrogens (tertiary/aromatic N) is 4. The van der Waals surface area contributed by atoms with Crippen molar-refractivity contribution in [3.8, 4) is 28.4 Å². The molecule has 1 aromatic carbocycles. The second-order valence-corrected chi connectivity index (χ2v) is 10.4. The Morgan fingerprint density at radius 2 is 2.11 bits per heavy atom. The molecule has 0 spiro atoms. The summed E-state index contributed by atoms with van der Waals surface area (Å²) in [7, 11) is 1.80. The van der Waals surface area contributed by atoms with Crippen LogP contribution in [0.2, 0.25) is 0 Å². The minimum atomic E-state index is -0.590. The van der Waals surface area contributed by atoms with Crippen LogP contribution in [0.15, 0.2) is 28.8 Å². The van der Waals surface area contributed by atoms with Crippen LogP contribution in [-0.2, 0) is 0 Å². The Morgan fingerprint density at radius 1 is 1.28 bits per heavy atom. The number of nitrogens with one attached hydrogen (secondary N) is 2. The van der Waals surface area contributed by atoms with Crippen molar-refractivity contribution in [3.05, 3.63) is 41.3 Å². The molecule has 0 amide bonds. The van der Waals surface area contributed by atoms with Crippen molar-refractivity contribution in [2.75, 3.05) is 44.4 Å². The summed E-state index contributed by atoms with van der Waals surface area (Å²) in [6, 6.07) is 7.98. The van der Waals surface area contributed by atoms with Crippen LogP contribution in [0.1, 0.15) is 30.4 Å². The highest BCUT2D eigenvalue weighted by atomic mass is 32.2. The quantitative estimate of drug-likeness (QED) is 0.328. The highest BCUT2D eigenvalue weighted by molar-refractivity contribution is 7.96. The number of aryl methyl sites for hydroxylation is 2. The topological polar surface area (TPSA) is 109 Å². The molecule has 3 N–H and O–H groups in total. The lowest BCUT2D eigenvalue weighted by molar-refractivity contribution is 0.108. The van der Waals surface area contributed by atoms with E-state index in [-0.39, 0.29) is 6.61 Å². The summed E-state index contributed by atoms with van der Waals surface area (Å²) in [5, 5.41) is 20.8. The van der Waals surface area contributed by atoms with E-state index in [1.54, 1.807) is 7.05 Å². The lowest BCUT2D eigenvalue weighted by atomic mass is 10.0. The number of hydrogen-bond acceptors (Lipinski definition) is 10. The van der Waals surface area contributed by atoms with Gasteiger partial charge in [0.15, 0.2) is 5.82 Å². The monoisotopic (exact) mass is 512 g/mol. The lowest BCUT2D eigenvalue weighted by Crippen LogP contribution is -2.29. The number of likely N-dealkylation sites (N-methyl/N-ethyl adjacent to an activating group) is 1. The van der Waals surface area contributed by atoms with Crippen molar-refractivity contribution in [1.29, 1.82) is 0 Å². The Bertz CT molecular complexity index is 1150. The van der Waals surface area contributed by atoms with Crippen LogP contribution < -0.4 is 15.4 Å². The van der Waals surface area contributed by atoms with Gasteiger partial charge in [-0.3, -0.25) is 0 Å². The van der Waals surface area contributed by atoms with E-state index in [0.29, 0.717) is 24.2 Å². The van der Waals surface area contributed by atoms with Gasteiger partial charge in [-0.2, -0.15) is 0 Å². The first-order chi connectivity index (χ1) is 17.4. The van der Waals surface area contributed by atoms with E-state index >= 15 is 0 Å². The van der Waals surface area contributed by atoms with Crippen LogP contribution in [0.4, 0.5) is 5.82 Å². The maximum atomic E-state index is 10.0. The Kier molecular flexibility index (Phi) is 8.84. The van der Waals surface area contributed by atoms with Crippen molar-refractivity contribution in [2.45, 2.75) is 46.3 Å². The maximum Gasteiger partial charge on any atom is 0.162 e. The van der Waals surface area contributed by atoms with Gasteiger partial charge in [0.25, 0.3) is 0 Å². The number of benzene rings is 1. The number of hydrogen-bond donors (Lipinski definition) is 3. The number of aliphatic hydroxyl groups excluding tert-OH is 1. The molecule has 36 heavy (non-hydrogen) atoms. The number of aromatic nitrogens is 3. The van der Waals surface area contributed by atoms with Crippen LogP contribution in [-0.4, -0.2) is 75.7 Å². The molecule has 3 aromatic rings. The first-order valence-electron chi connectivity index (χ1n) is 12.4. The van der Waals surface area contributed by atoms with Crippen molar-refractivity contribution >= 4 is 17.8 Å². The van der Waals surface area contributed by atoms with E-state index in [2.05, 4.69) is 27.0 Å². The molecule has 4 rings (SSSR count). The first-order valence-corrected chi connectivity index (χ1v) is 13.4. The third-order valence-corrected chi connectivity index (χ3v) is 7.15. The molecule has 2 aromatic heterocycles. The van der Waals surface area contributed by atoms with Gasteiger partial charge in [0.1, 0.15) is 30.0 Å². The molecule has 0 saturated carbocycles. The van der Waals surface area contributed by atoms with Gasteiger partial charge in [-0.1, -0.05) is 36.2 Å². The van der Waals surface area contributed by atoms with Gasteiger partial charge < -0.3 is 25.0 Å². The zero-order valence-electron chi connectivity index (χ0n) is 21.7. The van der Waals surface area contributed by atoms with Crippen LogP contribution in [0, 0.1) is 20.8 Å². The molecule has 1 aliphatic rings. The highest BCUT2D eigenvalue weighted by Crippen LogP contribution is 2.34. The fourth-order valence-electron chi connectivity index (χ4n) is 4.40. The average molecular weight is 513 g/mol. The van der Waals surface area contributed by atoms with E-state index in [1.807, 2.05) is 57.0 Å². The number of ether oxygens (including phenoxy) is 1. The molecule has 194 valence electrons. The van der Waals surface area contributed by atoms with E-state index < -0.39 is 6.10 Å².